The second kappa shape index (κ2) is 7.51. The van der Waals surface area contributed by atoms with Crippen LogP contribution >= 0.6 is 27.9 Å². The van der Waals surface area contributed by atoms with E-state index in [1.807, 2.05) is 0 Å². The van der Waals surface area contributed by atoms with Crippen LogP contribution in [-0.2, 0) is 22.7 Å². The second-order valence-corrected chi connectivity index (χ2v) is 8.88. The van der Waals surface area contributed by atoms with Crippen LogP contribution in [0.1, 0.15) is 6.23 Å². The van der Waals surface area contributed by atoms with E-state index in [-0.39, 0.29) is 21.8 Å². The lowest BCUT2D eigenvalue weighted by molar-refractivity contribution is -0.0503. The number of anilines is 1. The molecular formula is C10H15N5O10P2S. The molecule has 156 valence electrons. The van der Waals surface area contributed by atoms with Crippen molar-refractivity contribution in [3.8, 4) is 0 Å². The van der Waals surface area contributed by atoms with Crippen LogP contribution in [0.4, 0.5) is 5.95 Å². The number of nitrogen functional groups attached to an aromatic ring is 1. The normalized spacial score (nSPS) is 27.9. The number of aromatic nitrogens is 4. The Labute approximate surface area is 160 Å². The van der Waals surface area contributed by atoms with Gasteiger partial charge in [-0.3, -0.25) is 9.09 Å². The number of aliphatic hydroxyl groups excluding tert-OH is 2. The minimum absolute atomic E-state index is 0.0250. The van der Waals surface area contributed by atoms with Gasteiger partial charge in [-0.05, 0) is 0 Å². The molecule has 0 aromatic carbocycles. The van der Waals surface area contributed by atoms with E-state index in [0.29, 0.717) is 0 Å². The van der Waals surface area contributed by atoms with Gasteiger partial charge in [0.25, 0.3) is 0 Å². The van der Waals surface area contributed by atoms with Crippen molar-refractivity contribution >= 4 is 45.0 Å². The van der Waals surface area contributed by atoms with Gasteiger partial charge in [-0.2, -0.15) is 4.31 Å². The molecular weight excluding hydrogens is 444 g/mol. The topological polar surface area (TPSA) is 235 Å². The summed E-state index contributed by atoms with van der Waals surface area (Å²) in [5, 5.41) is 20.4. The van der Waals surface area contributed by atoms with Gasteiger partial charge in [0.1, 0.15) is 29.5 Å². The highest BCUT2D eigenvalue weighted by Crippen LogP contribution is 2.57. The third-order valence-corrected chi connectivity index (χ3v) is 6.12. The maximum atomic E-state index is 11.5. The van der Waals surface area contributed by atoms with Crippen LogP contribution in [0.2, 0.25) is 0 Å². The quantitative estimate of drug-likeness (QED) is 0.201. The molecule has 0 bridgehead atoms. The van der Waals surface area contributed by atoms with E-state index >= 15 is 0 Å². The Bertz CT molecular complexity index is 1040. The molecule has 8 N–H and O–H groups in total. The molecule has 1 saturated heterocycles. The van der Waals surface area contributed by atoms with Gasteiger partial charge in [-0.15, -0.1) is 0 Å². The number of nitrogens with two attached hydrogens (primary N) is 1. The van der Waals surface area contributed by atoms with Gasteiger partial charge in [0.2, 0.25) is 0 Å². The molecule has 1 fully saturated rings. The summed E-state index contributed by atoms with van der Waals surface area (Å²) in [5.41, 5.74) is 6.10. The number of phosphoric acid groups is 2. The maximum Gasteiger partial charge on any atom is 0.481 e. The lowest BCUT2D eigenvalue weighted by atomic mass is 10.1. The van der Waals surface area contributed by atoms with Crippen LogP contribution in [0, 0.1) is 4.64 Å². The number of nitrogens with one attached hydrogen (secondary N) is 1. The first kappa shape index (κ1) is 21.4. The first-order valence-corrected chi connectivity index (χ1v) is 10.8. The molecule has 0 aliphatic carbocycles. The van der Waals surface area contributed by atoms with Crippen molar-refractivity contribution in [1.82, 2.24) is 19.5 Å². The average molecular weight is 459 g/mol. The molecule has 5 atom stereocenters. The van der Waals surface area contributed by atoms with E-state index < -0.39 is 46.8 Å². The van der Waals surface area contributed by atoms with Crippen molar-refractivity contribution in [2.75, 3.05) is 12.3 Å². The predicted octanol–water partition coefficient (Wildman–Crippen LogP) is -1.08. The molecule has 1 unspecified atom stereocenters. The van der Waals surface area contributed by atoms with Crippen LogP contribution < -0.4 is 5.73 Å². The fourth-order valence-electron chi connectivity index (χ4n) is 2.57. The summed E-state index contributed by atoms with van der Waals surface area (Å²) in [6.07, 6.45) is -4.43. The Morgan fingerprint density at radius 3 is 2.64 bits per heavy atom. The third kappa shape index (κ3) is 4.48. The number of aliphatic hydroxyl groups is 2. The van der Waals surface area contributed by atoms with E-state index in [1.54, 1.807) is 0 Å². The highest BCUT2D eigenvalue weighted by atomic mass is 32.1. The monoisotopic (exact) mass is 459 g/mol. The highest BCUT2D eigenvalue weighted by Gasteiger charge is 2.45. The van der Waals surface area contributed by atoms with Gasteiger partial charge in [-0.1, -0.05) is 12.2 Å². The van der Waals surface area contributed by atoms with Gasteiger partial charge in [0.15, 0.2) is 16.8 Å². The second-order valence-electron chi connectivity index (χ2n) is 5.66. The summed E-state index contributed by atoms with van der Waals surface area (Å²) < 4.78 is 37.0. The number of hydrogen-bond donors (Lipinski definition) is 7. The van der Waals surface area contributed by atoms with E-state index in [2.05, 4.69) is 23.8 Å². The number of imidazole rings is 1. The standard InChI is InChI=1S/C10H15N5O10P2S/c11-10-13-7-4(8(28)14-10)12-2-15(7)9-6(17)5(16)3(24-9)1-23-27(21,22)25-26(18,19)20/h2-3,5-6,9,16-17H,1H2,(H,21,22)(H2,18,19,20)(H3,11,13,14,28)/t3-,5+,6-,9-/m0/s1. The molecule has 3 rings (SSSR count). The molecule has 28 heavy (non-hydrogen) atoms. The Hall–Kier alpha value is -1.29. The van der Waals surface area contributed by atoms with Crippen molar-refractivity contribution in [2.24, 2.45) is 0 Å². The largest absolute Gasteiger partial charge is 0.481 e. The lowest BCUT2D eigenvalue weighted by Crippen LogP contribution is -2.33. The smallest absolute Gasteiger partial charge is 0.387 e. The summed E-state index contributed by atoms with van der Waals surface area (Å²) >= 11 is 5.03. The van der Waals surface area contributed by atoms with E-state index in [1.165, 1.54) is 10.9 Å². The van der Waals surface area contributed by atoms with Gasteiger partial charge in [-0.25, -0.2) is 19.1 Å². The first-order valence-electron chi connectivity index (χ1n) is 7.36. The zero-order valence-corrected chi connectivity index (χ0v) is 16.2. The van der Waals surface area contributed by atoms with E-state index in [0.717, 1.165) is 0 Å². The predicted molar refractivity (Wildman–Crippen MR) is 92.0 cm³/mol. The number of hydrogen-bond acceptors (Lipinski definition) is 11. The van der Waals surface area contributed by atoms with Crippen LogP contribution in [0.3, 0.4) is 0 Å². The SMILES string of the molecule is Nc1nc(=S)c2ncn([C@H]3O[C@@H](COP(=O)(O)OP(=O)(O)O)[C@@H](O)[C@@H]3O)c2[nH]1. The molecule has 0 spiro atoms. The van der Waals surface area contributed by atoms with Crippen LogP contribution in [0.25, 0.3) is 11.2 Å². The fraction of sp³-hybridized carbons (Fsp3) is 0.500. The van der Waals surface area contributed by atoms with Crippen LogP contribution in [-0.4, -0.2) is 69.3 Å². The van der Waals surface area contributed by atoms with Gasteiger partial charge in [0.05, 0.1) is 12.9 Å². The number of rotatable bonds is 6. The zero-order valence-electron chi connectivity index (χ0n) is 13.6. The van der Waals surface area contributed by atoms with Crippen molar-refractivity contribution in [1.29, 1.82) is 0 Å². The number of nitrogens with zero attached hydrogens (tertiary/aromatic N) is 3. The van der Waals surface area contributed by atoms with E-state index in [4.69, 9.17) is 32.5 Å². The summed E-state index contributed by atoms with van der Waals surface area (Å²) in [4.78, 5) is 37.0. The Kier molecular flexibility index (Phi) is 5.75. The Morgan fingerprint density at radius 2 is 2.00 bits per heavy atom. The van der Waals surface area contributed by atoms with Gasteiger partial charge < -0.3 is 40.3 Å². The summed E-state index contributed by atoms with van der Waals surface area (Å²) in [6, 6.07) is 0. The molecule has 0 saturated carbocycles. The molecule has 15 nitrogen and oxygen atoms in total. The maximum absolute atomic E-state index is 11.5. The van der Waals surface area contributed by atoms with Crippen molar-refractivity contribution in [2.45, 2.75) is 24.5 Å². The summed E-state index contributed by atoms with van der Waals surface area (Å²) in [7, 11) is -10.4. The molecule has 1 aliphatic heterocycles. The number of fused-ring (bicyclic) bond motifs is 1. The van der Waals surface area contributed by atoms with Crippen LogP contribution in [0.5, 0.6) is 0 Å². The highest BCUT2D eigenvalue weighted by molar-refractivity contribution is 7.71. The minimum Gasteiger partial charge on any atom is -0.387 e. The number of phosphoric ester groups is 1. The number of H-pyrrole nitrogens is 1. The molecule has 18 heteroatoms. The van der Waals surface area contributed by atoms with Crippen LogP contribution in [0.15, 0.2) is 6.33 Å². The number of aromatic amines is 1. The molecule has 3 heterocycles. The first-order chi connectivity index (χ1) is 12.9. The lowest BCUT2D eigenvalue weighted by Gasteiger charge is -2.17. The molecule has 0 radical (unpaired) electrons. The fourth-order valence-corrected chi connectivity index (χ4v) is 4.42. The van der Waals surface area contributed by atoms with Gasteiger partial charge in [0, 0.05) is 0 Å². The number of ether oxygens (including phenoxy) is 1. The molecule has 2 aromatic rings. The van der Waals surface area contributed by atoms with Gasteiger partial charge >= 0.3 is 15.6 Å². The Morgan fingerprint density at radius 1 is 1.32 bits per heavy atom. The van der Waals surface area contributed by atoms with Crippen molar-refractivity contribution in [3.05, 3.63) is 11.0 Å². The third-order valence-electron chi connectivity index (χ3n) is 3.69. The summed E-state index contributed by atoms with van der Waals surface area (Å²) in [5.74, 6) is -0.0250. The molecule has 0 amide bonds. The van der Waals surface area contributed by atoms with E-state index in [9.17, 15) is 24.2 Å². The van der Waals surface area contributed by atoms with Crippen molar-refractivity contribution < 1.29 is 47.6 Å². The molecule has 1 aliphatic rings. The zero-order chi connectivity index (χ0) is 20.9. The minimum atomic E-state index is -5.30. The average Bonchev–Trinajstić information content (AvgIpc) is 3.06. The summed E-state index contributed by atoms with van der Waals surface area (Å²) in [6.45, 7) is -0.825. The molecule has 2 aromatic heterocycles. The van der Waals surface area contributed by atoms with Crippen molar-refractivity contribution in [3.63, 3.8) is 0 Å². The Balaban J connectivity index is 1.79.